The molecule has 1 atom stereocenters. The summed E-state index contributed by atoms with van der Waals surface area (Å²) in [6, 6.07) is 4.32. The molecule has 134 valence electrons. The van der Waals surface area contributed by atoms with E-state index in [-0.39, 0.29) is 6.04 Å². The van der Waals surface area contributed by atoms with Crippen LogP contribution in [0.3, 0.4) is 0 Å². The highest BCUT2D eigenvalue weighted by Crippen LogP contribution is 2.37. The lowest BCUT2D eigenvalue weighted by molar-refractivity contribution is 0.173. The fourth-order valence-electron chi connectivity index (χ4n) is 3.47. The van der Waals surface area contributed by atoms with Crippen LogP contribution in [-0.4, -0.2) is 42.1 Å². The minimum absolute atomic E-state index is 0.175. The van der Waals surface area contributed by atoms with E-state index in [1.54, 1.807) is 7.11 Å². The van der Waals surface area contributed by atoms with Crippen LogP contribution < -0.4 is 9.47 Å². The minimum atomic E-state index is 0.175. The zero-order valence-corrected chi connectivity index (χ0v) is 14.7. The molecule has 1 saturated heterocycles. The van der Waals surface area contributed by atoms with Gasteiger partial charge in [-0.05, 0) is 49.6 Å². The maximum absolute atomic E-state index is 5.52. The van der Waals surface area contributed by atoms with Crippen LogP contribution in [0.25, 0.3) is 0 Å². The number of likely N-dealkylation sites (tertiary alicyclic amines) is 1. The first kappa shape index (κ1) is 16.4. The van der Waals surface area contributed by atoms with E-state index in [0.29, 0.717) is 31.5 Å². The van der Waals surface area contributed by atoms with E-state index in [1.165, 1.54) is 11.1 Å². The number of fused-ring (bicyclic) bond motifs is 1. The Hall–Kier alpha value is -2.12. The van der Waals surface area contributed by atoms with E-state index in [2.05, 4.69) is 34.1 Å². The Kier molecular flexibility index (Phi) is 4.59. The first-order valence-corrected chi connectivity index (χ1v) is 8.69. The molecule has 0 unspecified atom stereocenters. The lowest BCUT2D eigenvalue weighted by Gasteiger charge is -2.22. The van der Waals surface area contributed by atoms with Crippen molar-refractivity contribution >= 4 is 0 Å². The molecule has 0 saturated carbocycles. The van der Waals surface area contributed by atoms with Crippen LogP contribution in [0.4, 0.5) is 0 Å². The van der Waals surface area contributed by atoms with Crippen LogP contribution in [0, 0.1) is 6.92 Å². The predicted octanol–water partition coefficient (Wildman–Crippen LogP) is 2.63. The summed E-state index contributed by atoms with van der Waals surface area (Å²) in [6.07, 6.45) is 2.84. The Labute approximate surface area is 146 Å². The SMILES string of the molecule is COCCc1noc([C@@H]2CCCN2Cc2cc3c(cc2C)OCO3)n1. The number of benzene rings is 1. The molecule has 2 aromatic rings. The highest BCUT2D eigenvalue weighted by Gasteiger charge is 2.31. The van der Waals surface area contributed by atoms with Gasteiger partial charge in [0.15, 0.2) is 17.3 Å². The Bertz CT molecular complexity index is 746. The van der Waals surface area contributed by atoms with Crippen LogP contribution >= 0.6 is 0 Å². The second kappa shape index (κ2) is 7.01. The van der Waals surface area contributed by atoms with Gasteiger partial charge in [-0.3, -0.25) is 4.90 Å². The zero-order chi connectivity index (χ0) is 17.2. The molecule has 0 radical (unpaired) electrons. The van der Waals surface area contributed by atoms with Gasteiger partial charge in [-0.15, -0.1) is 0 Å². The normalized spacial score (nSPS) is 19.7. The third-order valence-corrected chi connectivity index (χ3v) is 4.87. The maximum atomic E-state index is 5.52. The van der Waals surface area contributed by atoms with Crippen LogP contribution in [-0.2, 0) is 17.7 Å². The summed E-state index contributed by atoms with van der Waals surface area (Å²) in [4.78, 5) is 6.96. The van der Waals surface area contributed by atoms with Crippen LogP contribution in [0.5, 0.6) is 11.5 Å². The molecule has 0 N–H and O–H groups in total. The standard InChI is InChI=1S/C18H23N3O4/c1-12-8-15-16(24-11-23-15)9-13(12)10-21-6-3-4-14(21)18-19-17(20-25-18)5-7-22-2/h8-9,14H,3-7,10-11H2,1-2H3/t14-/m0/s1. The number of aryl methyl sites for hydroxylation is 1. The molecule has 7 heteroatoms. The molecule has 25 heavy (non-hydrogen) atoms. The number of nitrogens with zero attached hydrogens (tertiary/aromatic N) is 3. The molecular weight excluding hydrogens is 322 g/mol. The summed E-state index contributed by atoms with van der Waals surface area (Å²) in [7, 11) is 1.67. The van der Waals surface area contributed by atoms with Crippen molar-refractivity contribution < 1.29 is 18.7 Å². The Morgan fingerprint density at radius 2 is 2.12 bits per heavy atom. The molecular formula is C18H23N3O4. The fourth-order valence-corrected chi connectivity index (χ4v) is 3.47. The number of ether oxygens (including phenoxy) is 3. The number of hydrogen-bond acceptors (Lipinski definition) is 7. The van der Waals surface area contributed by atoms with E-state index in [9.17, 15) is 0 Å². The summed E-state index contributed by atoms with van der Waals surface area (Å²) < 4.78 is 21.6. The Morgan fingerprint density at radius 1 is 1.28 bits per heavy atom. The number of rotatable bonds is 6. The molecule has 0 amide bonds. The third kappa shape index (κ3) is 3.34. The van der Waals surface area contributed by atoms with Crippen molar-refractivity contribution in [3.05, 3.63) is 35.0 Å². The largest absolute Gasteiger partial charge is 0.454 e. The van der Waals surface area contributed by atoms with Gasteiger partial charge in [0.2, 0.25) is 12.7 Å². The van der Waals surface area contributed by atoms with Crippen molar-refractivity contribution in [3.63, 3.8) is 0 Å². The second-order valence-electron chi connectivity index (χ2n) is 6.55. The topological polar surface area (TPSA) is 69.9 Å². The molecule has 1 aromatic heterocycles. The number of methoxy groups -OCH3 is 1. The fraction of sp³-hybridized carbons (Fsp3) is 0.556. The van der Waals surface area contributed by atoms with Crippen molar-refractivity contribution in [2.75, 3.05) is 27.1 Å². The number of hydrogen-bond donors (Lipinski definition) is 0. The first-order chi connectivity index (χ1) is 12.2. The molecule has 2 aliphatic heterocycles. The Morgan fingerprint density at radius 3 is 2.96 bits per heavy atom. The zero-order valence-electron chi connectivity index (χ0n) is 14.7. The van der Waals surface area contributed by atoms with E-state index in [4.69, 9.17) is 18.7 Å². The van der Waals surface area contributed by atoms with Gasteiger partial charge in [-0.2, -0.15) is 4.98 Å². The predicted molar refractivity (Wildman–Crippen MR) is 89.6 cm³/mol. The molecule has 4 rings (SSSR count). The highest BCUT2D eigenvalue weighted by atomic mass is 16.7. The summed E-state index contributed by atoms with van der Waals surface area (Å²) in [6.45, 7) is 4.87. The lowest BCUT2D eigenvalue weighted by Crippen LogP contribution is -2.23. The quantitative estimate of drug-likeness (QED) is 0.797. The summed E-state index contributed by atoms with van der Waals surface area (Å²) in [5.74, 6) is 3.08. The van der Waals surface area contributed by atoms with Crippen molar-refractivity contribution in [3.8, 4) is 11.5 Å². The van der Waals surface area contributed by atoms with Gasteiger partial charge in [-0.25, -0.2) is 0 Å². The van der Waals surface area contributed by atoms with Crippen molar-refractivity contribution in [2.24, 2.45) is 0 Å². The summed E-state index contributed by atoms with van der Waals surface area (Å²) in [5, 5.41) is 4.08. The summed E-state index contributed by atoms with van der Waals surface area (Å²) in [5.41, 5.74) is 2.46. The van der Waals surface area contributed by atoms with E-state index >= 15 is 0 Å². The van der Waals surface area contributed by atoms with Crippen LogP contribution in [0.2, 0.25) is 0 Å². The van der Waals surface area contributed by atoms with Crippen molar-refractivity contribution in [1.82, 2.24) is 15.0 Å². The molecule has 2 aliphatic rings. The molecule has 1 aromatic carbocycles. The van der Waals surface area contributed by atoms with Gasteiger partial charge in [0.25, 0.3) is 0 Å². The van der Waals surface area contributed by atoms with E-state index in [1.807, 2.05) is 0 Å². The number of aromatic nitrogens is 2. The van der Waals surface area contributed by atoms with Gasteiger partial charge in [0.05, 0.1) is 12.6 Å². The van der Waals surface area contributed by atoms with Crippen molar-refractivity contribution in [2.45, 2.75) is 38.8 Å². The van der Waals surface area contributed by atoms with Gasteiger partial charge in [0, 0.05) is 20.1 Å². The molecule has 0 spiro atoms. The average Bonchev–Trinajstić information content (AvgIpc) is 3.33. The smallest absolute Gasteiger partial charge is 0.244 e. The summed E-state index contributed by atoms with van der Waals surface area (Å²) >= 11 is 0. The van der Waals surface area contributed by atoms with E-state index in [0.717, 1.165) is 37.4 Å². The second-order valence-corrected chi connectivity index (χ2v) is 6.55. The van der Waals surface area contributed by atoms with Gasteiger partial charge >= 0.3 is 0 Å². The van der Waals surface area contributed by atoms with Gasteiger partial charge in [0.1, 0.15) is 0 Å². The van der Waals surface area contributed by atoms with Crippen LogP contribution in [0.1, 0.15) is 41.7 Å². The van der Waals surface area contributed by atoms with Crippen molar-refractivity contribution in [1.29, 1.82) is 0 Å². The monoisotopic (exact) mass is 345 g/mol. The van der Waals surface area contributed by atoms with E-state index < -0.39 is 0 Å². The maximum Gasteiger partial charge on any atom is 0.244 e. The molecule has 1 fully saturated rings. The minimum Gasteiger partial charge on any atom is -0.454 e. The average molecular weight is 345 g/mol. The Balaban J connectivity index is 1.49. The van der Waals surface area contributed by atoms with Gasteiger partial charge in [-0.1, -0.05) is 5.16 Å². The third-order valence-electron chi connectivity index (χ3n) is 4.87. The molecule has 3 heterocycles. The lowest BCUT2D eigenvalue weighted by atomic mass is 10.1. The molecule has 0 bridgehead atoms. The first-order valence-electron chi connectivity index (χ1n) is 8.69. The van der Waals surface area contributed by atoms with Crippen LogP contribution in [0.15, 0.2) is 16.7 Å². The highest BCUT2D eigenvalue weighted by molar-refractivity contribution is 5.48. The molecule has 0 aliphatic carbocycles. The molecule has 7 nitrogen and oxygen atoms in total. The van der Waals surface area contributed by atoms with Gasteiger partial charge < -0.3 is 18.7 Å².